The number of ether oxygens (including phenoxy) is 1. The third-order valence-electron chi connectivity index (χ3n) is 4.45. The monoisotopic (exact) mass is 358 g/mol. The fourth-order valence-electron chi connectivity index (χ4n) is 3.03. The molecule has 8 heteroatoms. The molecule has 0 spiro atoms. The predicted molar refractivity (Wildman–Crippen MR) is 87.7 cm³/mol. The first-order chi connectivity index (χ1) is 11.0. The molecule has 2 atom stereocenters. The topological polar surface area (TPSA) is 75.7 Å². The van der Waals surface area contributed by atoms with Gasteiger partial charge in [-0.2, -0.15) is 4.31 Å². The average Bonchev–Trinajstić information content (AvgIpc) is 3.25. The zero-order chi connectivity index (χ0) is 16.4. The van der Waals surface area contributed by atoms with Gasteiger partial charge in [0.2, 0.25) is 5.91 Å². The summed E-state index contributed by atoms with van der Waals surface area (Å²) in [6.45, 7) is 4.10. The van der Waals surface area contributed by atoms with Crippen molar-refractivity contribution in [3.8, 4) is 0 Å². The molecule has 3 heterocycles. The number of hydrogen-bond donors (Lipinski definition) is 1. The number of rotatable bonds is 5. The van der Waals surface area contributed by atoms with Crippen LogP contribution in [0.2, 0.25) is 0 Å². The lowest BCUT2D eigenvalue weighted by Crippen LogP contribution is -2.33. The van der Waals surface area contributed by atoms with Crippen molar-refractivity contribution < 1.29 is 17.9 Å². The molecular weight excluding hydrogens is 336 g/mol. The summed E-state index contributed by atoms with van der Waals surface area (Å²) in [5, 5.41) is 2.89. The molecule has 3 rings (SSSR count). The lowest BCUT2D eigenvalue weighted by molar-refractivity contribution is -0.126. The van der Waals surface area contributed by atoms with Crippen molar-refractivity contribution in [1.29, 1.82) is 0 Å². The average molecular weight is 358 g/mol. The van der Waals surface area contributed by atoms with Gasteiger partial charge >= 0.3 is 0 Å². The van der Waals surface area contributed by atoms with Gasteiger partial charge in [0.15, 0.2) is 0 Å². The summed E-state index contributed by atoms with van der Waals surface area (Å²) in [4.78, 5) is 13.0. The Hall–Kier alpha value is -0.960. The highest BCUT2D eigenvalue weighted by Gasteiger charge is 2.31. The third-order valence-corrected chi connectivity index (χ3v) is 7.90. The van der Waals surface area contributed by atoms with Gasteiger partial charge in [-0.25, -0.2) is 8.42 Å². The molecule has 2 aliphatic heterocycles. The summed E-state index contributed by atoms with van der Waals surface area (Å²) in [6, 6.07) is 3.42. The molecule has 2 fully saturated rings. The molecule has 23 heavy (non-hydrogen) atoms. The van der Waals surface area contributed by atoms with Crippen LogP contribution in [0.5, 0.6) is 0 Å². The standard InChI is InChI=1S/C15H22N2O4S2/c1-11-13(6-9-21-11)15(18)16-10-12-4-5-14(22-12)23(19,20)17-7-2-3-8-17/h4-5,11,13H,2-3,6-10H2,1H3,(H,16,18)/t11-,13+/m0/s1. The Bertz CT molecular complexity index is 665. The smallest absolute Gasteiger partial charge is 0.252 e. The van der Waals surface area contributed by atoms with E-state index in [1.807, 2.05) is 6.92 Å². The SMILES string of the molecule is C[C@@H]1OCC[C@H]1C(=O)NCc1ccc(S(=O)(=O)N2CCCC2)s1. The Kier molecular flexibility index (Phi) is 5.05. The number of carbonyl (C=O) groups is 1. The van der Waals surface area contributed by atoms with Gasteiger partial charge in [0.05, 0.1) is 18.6 Å². The van der Waals surface area contributed by atoms with Crippen LogP contribution >= 0.6 is 11.3 Å². The summed E-state index contributed by atoms with van der Waals surface area (Å²) in [5.41, 5.74) is 0. The molecule has 0 unspecified atom stereocenters. The lowest BCUT2D eigenvalue weighted by atomic mass is 10.0. The predicted octanol–water partition coefficient (Wildman–Crippen LogP) is 1.57. The van der Waals surface area contributed by atoms with E-state index in [4.69, 9.17) is 4.74 Å². The van der Waals surface area contributed by atoms with Crippen LogP contribution in [0.3, 0.4) is 0 Å². The Morgan fingerprint density at radius 3 is 2.78 bits per heavy atom. The first-order valence-corrected chi connectivity index (χ1v) is 10.2. The number of nitrogens with one attached hydrogen (secondary N) is 1. The lowest BCUT2D eigenvalue weighted by Gasteiger charge is -2.14. The molecule has 0 saturated carbocycles. The molecule has 0 radical (unpaired) electrons. The molecular formula is C15H22N2O4S2. The largest absolute Gasteiger partial charge is 0.378 e. The van der Waals surface area contributed by atoms with Crippen LogP contribution in [0.4, 0.5) is 0 Å². The second-order valence-electron chi connectivity index (χ2n) is 6.02. The first kappa shape index (κ1) is 16.9. The van der Waals surface area contributed by atoms with Crippen molar-refractivity contribution in [2.75, 3.05) is 19.7 Å². The minimum Gasteiger partial charge on any atom is -0.378 e. The van der Waals surface area contributed by atoms with Crippen LogP contribution in [0.25, 0.3) is 0 Å². The van der Waals surface area contributed by atoms with Crippen LogP contribution < -0.4 is 5.32 Å². The van der Waals surface area contributed by atoms with Crippen LogP contribution in [-0.2, 0) is 26.1 Å². The van der Waals surface area contributed by atoms with E-state index in [2.05, 4.69) is 5.32 Å². The van der Waals surface area contributed by atoms with Crippen molar-refractivity contribution >= 4 is 27.3 Å². The second-order valence-corrected chi connectivity index (χ2v) is 9.35. The summed E-state index contributed by atoms with van der Waals surface area (Å²) in [6.07, 6.45) is 2.54. The molecule has 1 amide bonds. The van der Waals surface area contributed by atoms with E-state index in [0.717, 1.165) is 24.1 Å². The molecule has 2 saturated heterocycles. The quantitative estimate of drug-likeness (QED) is 0.867. The van der Waals surface area contributed by atoms with Gasteiger partial charge in [-0.1, -0.05) is 0 Å². The number of nitrogens with zero attached hydrogens (tertiary/aromatic N) is 1. The highest BCUT2D eigenvalue weighted by Crippen LogP contribution is 2.27. The highest BCUT2D eigenvalue weighted by atomic mass is 32.2. The van der Waals surface area contributed by atoms with Gasteiger partial charge in [0.1, 0.15) is 4.21 Å². The van der Waals surface area contributed by atoms with E-state index >= 15 is 0 Å². The maximum atomic E-state index is 12.5. The van der Waals surface area contributed by atoms with E-state index < -0.39 is 10.0 Å². The zero-order valence-electron chi connectivity index (χ0n) is 13.2. The summed E-state index contributed by atoms with van der Waals surface area (Å²) >= 11 is 1.24. The fraction of sp³-hybridized carbons (Fsp3) is 0.667. The summed E-state index contributed by atoms with van der Waals surface area (Å²) in [5.74, 6) is -0.130. The van der Waals surface area contributed by atoms with E-state index in [9.17, 15) is 13.2 Å². The van der Waals surface area contributed by atoms with Crippen LogP contribution in [0.15, 0.2) is 16.3 Å². The second kappa shape index (κ2) is 6.88. The molecule has 1 aromatic heterocycles. The zero-order valence-corrected chi connectivity index (χ0v) is 14.8. The molecule has 6 nitrogen and oxygen atoms in total. The number of thiophene rings is 1. The number of carbonyl (C=O) groups excluding carboxylic acids is 1. The number of amides is 1. The van der Waals surface area contributed by atoms with E-state index in [0.29, 0.717) is 30.5 Å². The van der Waals surface area contributed by atoms with Gasteiger partial charge in [-0.05, 0) is 38.3 Å². The Morgan fingerprint density at radius 1 is 1.39 bits per heavy atom. The maximum absolute atomic E-state index is 12.5. The Balaban J connectivity index is 1.60. The van der Waals surface area contributed by atoms with Crippen molar-refractivity contribution in [2.24, 2.45) is 5.92 Å². The van der Waals surface area contributed by atoms with Gasteiger partial charge in [0, 0.05) is 24.6 Å². The normalized spacial score (nSPS) is 25.8. The first-order valence-electron chi connectivity index (χ1n) is 7.96. The van der Waals surface area contributed by atoms with Crippen molar-refractivity contribution in [1.82, 2.24) is 9.62 Å². The van der Waals surface area contributed by atoms with E-state index in [-0.39, 0.29) is 17.9 Å². The van der Waals surface area contributed by atoms with E-state index in [1.165, 1.54) is 11.3 Å². The van der Waals surface area contributed by atoms with Gasteiger partial charge in [-0.3, -0.25) is 4.79 Å². The van der Waals surface area contributed by atoms with Crippen molar-refractivity contribution in [3.05, 3.63) is 17.0 Å². The Labute approximate surface area is 140 Å². The molecule has 1 N–H and O–H groups in total. The van der Waals surface area contributed by atoms with E-state index in [1.54, 1.807) is 16.4 Å². The van der Waals surface area contributed by atoms with Crippen LogP contribution in [0, 0.1) is 5.92 Å². The fourth-order valence-corrected chi connectivity index (χ4v) is 6.00. The molecule has 0 bridgehead atoms. The van der Waals surface area contributed by atoms with Crippen molar-refractivity contribution in [3.63, 3.8) is 0 Å². The molecule has 0 aromatic carbocycles. The number of sulfonamides is 1. The Morgan fingerprint density at radius 2 is 2.13 bits per heavy atom. The van der Waals surface area contributed by atoms with Gasteiger partial charge < -0.3 is 10.1 Å². The molecule has 128 valence electrons. The van der Waals surface area contributed by atoms with Crippen LogP contribution in [-0.4, -0.2) is 44.4 Å². The molecule has 2 aliphatic rings. The maximum Gasteiger partial charge on any atom is 0.252 e. The van der Waals surface area contributed by atoms with Crippen LogP contribution in [0.1, 0.15) is 31.1 Å². The summed E-state index contributed by atoms with van der Waals surface area (Å²) < 4.78 is 32.2. The summed E-state index contributed by atoms with van der Waals surface area (Å²) in [7, 11) is -3.36. The minimum absolute atomic E-state index is 0.0210. The minimum atomic E-state index is -3.36. The molecule has 1 aromatic rings. The highest BCUT2D eigenvalue weighted by molar-refractivity contribution is 7.91. The number of hydrogen-bond acceptors (Lipinski definition) is 5. The van der Waals surface area contributed by atoms with Gasteiger partial charge in [-0.15, -0.1) is 11.3 Å². The van der Waals surface area contributed by atoms with Crippen molar-refractivity contribution in [2.45, 2.75) is 43.0 Å². The third kappa shape index (κ3) is 3.60. The van der Waals surface area contributed by atoms with Gasteiger partial charge in [0.25, 0.3) is 10.0 Å². The molecule has 0 aliphatic carbocycles.